The van der Waals surface area contributed by atoms with Gasteiger partial charge in [0.05, 0.1) is 0 Å². The van der Waals surface area contributed by atoms with E-state index in [0.29, 0.717) is 12.0 Å². The molecule has 4 nitrogen and oxygen atoms in total. The molecule has 1 N–H and O–H groups in total. The lowest BCUT2D eigenvalue weighted by Gasteiger charge is -2.32. The summed E-state index contributed by atoms with van der Waals surface area (Å²) in [6, 6.07) is 0.496. The highest BCUT2D eigenvalue weighted by Gasteiger charge is 2.40. The molecule has 94 valence electrons. The van der Waals surface area contributed by atoms with E-state index < -0.39 is 0 Å². The molecule has 1 rings (SSSR count). The molecule has 0 bridgehead atoms. The number of nitrogens with zero attached hydrogens (tertiary/aromatic N) is 2. The molecule has 16 heavy (non-hydrogen) atoms. The fourth-order valence-electron chi connectivity index (χ4n) is 2.53. The Morgan fingerprint density at radius 1 is 1.50 bits per heavy atom. The first-order valence-corrected chi connectivity index (χ1v) is 6.23. The van der Waals surface area contributed by atoms with Gasteiger partial charge in [-0.3, -0.25) is 4.79 Å². The molecule has 1 aliphatic rings. The second kappa shape index (κ2) is 5.64. The van der Waals surface area contributed by atoms with E-state index in [2.05, 4.69) is 36.1 Å². The summed E-state index contributed by atoms with van der Waals surface area (Å²) in [6.07, 6.45) is 2.06. The smallest absolute Gasteiger partial charge is 0.238 e. The van der Waals surface area contributed by atoms with Gasteiger partial charge in [0, 0.05) is 26.7 Å². The highest BCUT2D eigenvalue weighted by atomic mass is 16.2. The Morgan fingerprint density at radius 3 is 2.56 bits per heavy atom. The van der Waals surface area contributed by atoms with Crippen molar-refractivity contribution in [2.75, 3.05) is 20.6 Å². The average molecular weight is 227 g/mol. The van der Waals surface area contributed by atoms with Gasteiger partial charge in [-0.05, 0) is 18.8 Å². The number of nitrogens with one attached hydrogen (secondary N) is 1. The van der Waals surface area contributed by atoms with Crippen LogP contribution < -0.4 is 5.32 Å². The molecule has 1 saturated heterocycles. The minimum atomic E-state index is 0.00366. The van der Waals surface area contributed by atoms with Crippen molar-refractivity contribution < 1.29 is 4.79 Å². The van der Waals surface area contributed by atoms with Crippen LogP contribution in [0.2, 0.25) is 0 Å². The van der Waals surface area contributed by atoms with Crippen LogP contribution in [0.15, 0.2) is 0 Å². The van der Waals surface area contributed by atoms with Gasteiger partial charge >= 0.3 is 0 Å². The molecule has 0 aromatic carbocycles. The van der Waals surface area contributed by atoms with Crippen LogP contribution in [0, 0.1) is 5.92 Å². The molecule has 2 atom stereocenters. The molecule has 0 saturated carbocycles. The maximum atomic E-state index is 11.8. The molecule has 0 radical (unpaired) electrons. The number of hydrogen-bond donors (Lipinski definition) is 1. The highest BCUT2D eigenvalue weighted by Crippen LogP contribution is 2.28. The van der Waals surface area contributed by atoms with Crippen LogP contribution in [0.25, 0.3) is 0 Å². The van der Waals surface area contributed by atoms with E-state index in [1.165, 1.54) is 0 Å². The Bertz CT molecular complexity index is 242. The normalized spacial score (nSPS) is 27.6. The van der Waals surface area contributed by atoms with Crippen LogP contribution in [0.4, 0.5) is 0 Å². The van der Waals surface area contributed by atoms with Gasteiger partial charge in [0.2, 0.25) is 5.91 Å². The largest absolute Gasteiger partial charge is 0.358 e. The number of rotatable bonds is 4. The topological polar surface area (TPSA) is 35.6 Å². The second-order valence-corrected chi connectivity index (χ2v) is 4.91. The molecule has 1 fully saturated rings. The van der Waals surface area contributed by atoms with Crippen molar-refractivity contribution in [3.05, 3.63) is 0 Å². The Labute approximate surface area is 98.9 Å². The van der Waals surface area contributed by atoms with Crippen LogP contribution >= 0.6 is 0 Å². The van der Waals surface area contributed by atoms with Gasteiger partial charge < -0.3 is 5.32 Å². The molecule has 4 heteroatoms. The van der Waals surface area contributed by atoms with Crippen molar-refractivity contribution in [1.29, 1.82) is 0 Å². The lowest BCUT2D eigenvalue weighted by molar-refractivity contribution is -0.128. The number of likely N-dealkylation sites (N-methyl/N-ethyl adjacent to an activating group) is 2. The summed E-state index contributed by atoms with van der Waals surface area (Å²) in [5.74, 6) is 0.718. The van der Waals surface area contributed by atoms with Gasteiger partial charge in [-0.25, -0.2) is 10.0 Å². The fraction of sp³-hybridized carbons (Fsp3) is 0.917. The van der Waals surface area contributed by atoms with Crippen LogP contribution in [-0.4, -0.2) is 48.6 Å². The first-order chi connectivity index (χ1) is 7.52. The zero-order valence-electron chi connectivity index (χ0n) is 11.2. The summed E-state index contributed by atoms with van der Waals surface area (Å²) in [5.41, 5.74) is 0. The molecule has 1 amide bonds. The summed E-state index contributed by atoms with van der Waals surface area (Å²) >= 11 is 0. The van der Waals surface area contributed by atoms with Crippen molar-refractivity contribution in [2.45, 2.75) is 45.7 Å². The van der Waals surface area contributed by atoms with E-state index in [0.717, 1.165) is 19.4 Å². The van der Waals surface area contributed by atoms with E-state index in [-0.39, 0.29) is 11.9 Å². The molecular formula is C12H25N3O. The van der Waals surface area contributed by atoms with Crippen LogP contribution in [0.1, 0.15) is 33.6 Å². The Morgan fingerprint density at radius 2 is 2.12 bits per heavy atom. The molecule has 0 spiro atoms. The Balaban J connectivity index is 2.77. The zero-order valence-corrected chi connectivity index (χ0v) is 11.2. The quantitative estimate of drug-likeness (QED) is 0.781. The third-order valence-electron chi connectivity index (χ3n) is 3.48. The molecule has 1 heterocycles. The van der Waals surface area contributed by atoms with E-state index in [9.17, 15) is 4.79 Å². The number of hydrazine groups is 1. The average Bonchev–Trinajstić information content (AvgIpc) is 2.57. The molecule has 1 aliphatic heterocycles. The number of amides is 1. The number of carbonyl (C=O) groups excluding carboxylic acids is 1. The summed E-state index contributed by atoms with van der Waals surface area (Å²) in [6.45, 7) is 7.67. The summed E-state index contributed by atoms with van der Waals surface area (Å²) < 4.78 is 0. The Hall–Kier alpha value is -0.610. The minimum absolute atomic E-state index is 0.00366. The van der Waals surface area contributed by atoms with Gasteiger partial charge in [0.25, 0.3) is 0 Å². The van der Waals surface area contributed by atoms with Gasteiger partial charge in [0.1, 0.15) is 6.04 Å². The zero-order chi connectivity index (χ0) is 12.3. The van der Waals surface area contributed by atoms with E-state index in [1.54, 1.807) is 7.05 Å². The highest BCUT2D eigenvalue weighted by molar-refractivity contribution is 5.81. The second-order valence-electron chi connectivity index (χ2n) is 4.91. The van der Waals surface area contributed by atoms with Crippen molar-refractivity contribution in [3.8, 4) is 0 Å². The molecule has 0 aromatic heterocycles. The molecule has 2 unspecified atom stereocenters. The Kier molecular flexibility index (Phi) is 4.74. The van der Waals surface area contributed by atoms with Crippen molar-refractivity contribution in [2.24, 2.45) is 5.92 Å². The number of hydrogen-bond acceptors (Lipinski definition) is 3. The first kappa shape index (κ1) is 13.5. The first-order valence-electron chi connectivity index (χ1n) is 6.23. The predicted molar refractivity (Wildman–Crippen MR) is 65.9 cm³/mol. The van der Waals surface area contributed by atoms with Gasteiger partial charge in [-0.15, -0.1) is 0 Å². The van der Waals surface area contributed by atoms with E-state index >= 15 is 0 Å². The van der Waals surface area contributed by atoms with E-state index in [4.69, 9.17) is 0 Å². The maximum Gasteiger partial charge on any atom is 0.238 e. The van der Waals surface area contributed by atoms with E-state index in [1.807, 2.05) is 7.05 Å². The summed E-state index contributed by atoms with van der Waals surface area (Å²) in [7, 11) is 3.74. The summed E-state index contributed by atoms with van der Waals surface area (Å²) in [5, 5.41) is 7.22. The van der Waals surface area contributed by atoms with Crippen LogP contribution in [0.3, 0.4) is 0 Å². The number of carbonyl (C=O) groups is 1. The van der Waals surface area contributed by atoms with Crippen LogP contribution in [-0.2, 0) is 4.79 Å². The van der Waals surface area contributed by atoms with Gasteiger partial charge in [-0.2, -0.15) is 0 Å². The predicted octanol–water partition coefficient (Wildman–Crippen LogP) is 1.09. The standard InChI is InChI=1S/C12H25N3O/c1-6-7-15-10(9(2)3)8-11(14(15)5)12(16)13-4/h9-11H,6-8H2,1-5H3,(H,13,16). The van der Waals surface area contributed by atoms with Crippen molar-refractivity contribution >= 4 is 5.91 Å². The third kappa shape index (κ3) is 2.55. The van der Waals surface area contributed by atoms with Gasteiger partial charge in [0.15, 0.2) is 0 Å². The maximum absolute atomic E-state index is 11.8. The SMILES string of the molecule is CCCN1C(C(C)C)CC(C(=O)NC)N1C. The monoisotopic (exact) mass is 227 g/mol. The third-order valence-corrected chi connectivity index (χ3v) is 3.48. The minimum Gasteiger partial charge on any atom is -0.358 e. The molecular weight excluding hydrogens is 202 g/mol. The lowest BCUT2D eigenvalue weighted by Crippen LogP contribution is -2.47. The van der Waals surface area contributed by atoms with Gasteiger partial charge in [-0.1, -0.05) is 20.8 Å². The molecule has 0 aliphatic carbocycles. The summed E-state index contributed by atoms with van der Waals surface area (Å²) in [4.78, 5) is 11.8. The fourth-order valence-corrected chi connectivity index (χ4v) is 2.53. The van der Waals surface area contributed by atoms with Crippen molar-refractivity contribution in [1.82, 2.24) is 15.3 Å². The van der Waals surface area contributed by atoms with Crippen molar-refractivity contribution in [3.63, 3.8) is 0 Å². The lowest BCUT2D eigenvalue weighted by atomic mass is 9.98. The van der Waals surface area contributed by atoms with Crippen LogP contribution in [0.5, 0.6) is 0 Å². The molecule has 0 aromatic rings.